The summed E-state index contributed by atoms with van der Waals surface area (Å²) in [6.45, 7) is 0.0304. The number of rotatable bonds is 4. The van der Waals surface area contributed by atoms with E-state index in [9.17, 15) is 12.8 Å². The van der Waals surface area contributed by atoms with E-state index in [2.05, 4.69) is 9.82 Å². The summed E-state index contributed by atoms with van der Waals surface area (Å²) in [6, 6.07) is 5.11. The maximum Gasteiger partial charge on any atom is 0.243 e. The summed E-state index contributed by atoms with van der Waals surface area (Å²) in [5.74, 6) is -0.877. The van der Waals surface area contributed by atoms with Crippen molar-refractivity contribution in [1.82, 2.24) is 14.5 Å². The Morgan fingerprint density at radius 1 is 1.42 bits per heavy atom. The molecule has 0 aliphatic carbocycles. The lowest BCUT2D eigenvalue weighted by Gasteiger charge is -2.08. The van der Waals surface area contributed by atoms with Crippen LogP contribution in [0, 0.1) is 5.82 Å². The highest BCUT2D eigenvalue weighted by Crippen LogP contribution is 2.17. The molecule has 0 saturated heterocycles. The first-order chi connectivity index (χ1) is 8.90. The molecule has 19 heavy (non-hydrogen) atoms. The number of nitrogens with one attached hydrogen (secondary N) is 1. The van der Waals surface area contributed by atoms with Gasteiger partial charge >= 0.3 is 0 Å². The summed E-state index contributed by atoms with van der Waals surface area (Å²) in [6.07, 6.45) is 1.55. The number of nitrogens with zero attached hydrogens (tertiary/aromatic N) is 2. The molecule has 0 aliphatic heterocycles. The molecule has 0 fully saturated rings. The zero-order valence-electron chi connectivity index (χ0n) is 10.2. The maximum atomic E-state index is 13.6. The zero-order valence-corrected chi connectivity index (χ0v) is 11.0. The summed E-state index contributed by atoms with van der Waals surface area (Å²) in [4.78, 5) is -0.427. The van der Waals surface area contributed by atoms with Crippen molar-refractivity contribution in [2.24, 2.45) is 7.05 Å². The van der Waals surface area contributed by atoms with E-state index in [1.54, 1.807) is 19.3 Å². The second kappa shape index (κ2) is 4.98. The summed E-state index contributed by atoms with van der Waals surface area (Å²) >= 11 is 0. The predicted octanol–water partition coefficient (Wildman–Crippen LogP) is 0.620. The first-order valence-corrected chi connectivity index (χ1v) is 6.90. The van der Waals surface area contributed by atoms with E-state index in [0.29, 0.717) is 5.69 Å². The highest BCUT2D eigenvalue weighted by atomic mass is 32.2. The molecule has 6 nitrogen and oxygen atoms in total. The van der Waals surface area contributed by atoms with Crippen LogP contribution in [0.25, 0.3) is 0 Å². The van der Waals surface area contributed by atoms with Crippen LogP contribution in [0.2, 0.25) is 0 Å². The fourth-order valence-corrected chi connectivity index (χ4v) is 2.61. The number of aryl methyl sites for hydroxylation is 1. The van der Waals surface area contributed by atoms with E-state index < -0.39 is 20.7 Å². The van der Waals surface area contributed by atoms with Gasteiger partial charge in [0.2, 0.25) is 10.0 Å². The van der Waals surface area contributed by atoms with Gasteiger partial charge in [-0.2, -0.15) is 5.10 Å². The number of hydrogen-bond acceptors (Lipinski definition) is 4. The molecular weight excluding hydrogens is 271 g/mol. The topological polar surface area (TPSA) is 90.0 Å². The molecule has 0 saturated carbocycles. The Bertz CT molecular complexity index is 696. The van der Waals surface area contributed by atoms with Crippen LogP contribution in [0.5, 0.6) is 0 Å². The van der Waals surface area contributed by atoms with Gasteiger partial charge in [0.05, 0.1) is 12.2 Å². The van der Waals surface area contributed by atoms with Crippen molar-refractivity contribution in [3.63, 3.8) is 0 Å². The third-order valence-electron chi connectivity index (χ3n) is 2.61. The fraction of sp³-hybridized carbons (Fsp3) is 0.182. The molecule has 0 bridgehead atoms. The van der Waals surface area contributed by atoms with Crippen molar-refractivity contribution < 1.29 is 12.8 Å². The van der Waals surface area contributed by atoms with Gasteiger partial charge in [-0.05, 0) is 24.3 Å². The van der Waals surface area contributed by atoms with Gasteiger partial charge in [-0.3, -0.25) is 4.68 Å². The minimum absolute atomic E-state index is 0.0304. The molecule has 0 amide bonds. The molecule has 0 atom stereocenters. The van der Waals surface area contributed by atoms with Gasteiger partial charge in [-0.25, -0.2) is 17.5 Å². The second-order valence-corrected chi connectivity index (χ2v) is 5.70. The standard InChI is InChI=1S/C11H13FN4O2S/c1-16-9(4-5-14-16)7-15-19(17,18)11-3-2-8(13)6-10(11)12/h2-6,15H,7,13H2,1H3. The molecule has 2 aromatic rings. The van der Waals surface area contributed by atoms with Gasteiger partial charge in [0.15, 0.2) is 0 Å². The quantitative estimate of drug-likeness (QED) is 0.805. The highest BCUT2D eigenvalue weighted by molar-refractivity contribution is 7.89. The number of aromatic nitrogens is 2. The molecule has 1 aromatic heterocycles. The normalized spacial score (nSPS) is 11.7. The Labute approximate surface area is 110 Å². The van der Waals surface area contributed by atoms with Gasteiger partial charge in [0, 0.05) is 18.9 Å². The summed E-state index contributed by atoms with van der Waals surface area (Å²) in [7, 11) is -2.23. The first kappa shape index (κ1) is 13.5. The third-order valence-corrected chi connectivity index (χ3v) is 4.05. The van der Waals surface area contributed by atoms with Gasteiger partial charge in [0.1, 0.15) is 10.7 Å². The molecular formula is C11H13FN4O2S. The van der Waals surface area contributed by atoms with Crippen LogP contribution < -0.4 is 10.5 Å². The molecule has 2 rings (SSSR count). The van der Waals surface area contributed by atoms with Crippen molar-refractivity contribution in [2.45, 2.75) is 11.4 Å². The highest BCUT2D eigenvalue weighted by Gasteiger charge is 2.19. The van der Waals surface area contributed by atoms with E-state index in [4.69, 9.17) is 5.73 Å². The van der Waals surface area contributed by atoms with Gasteiger partial charge in [-0.15, -0.1) is 0 Å². The lowest BCUT2D eigenvalue weighted by atomic mass is 10.3. The number of anilines is 1. The Balaban J connectivity index is 2.21. The molecule has 1 heterocycles. The Morgan fingerprint density at radius 3 is 2.74 bits per heavy atom. The third kappa shape index (κ3) is 2.91. The van der Waals surface area contributed by atoms with Crippen molar-refractivity contribution in [1.29, 1.82) is 0 Å². The average Bonchev–Trinajstić information content (AvgIpc) is 2.72. The van der Waals surface area contributed by atoms with E-state index in [-0.39, 0.29) is 12.2 Å². The SMILES string of the molecule is Cn1nccc1CNS(=O)(=O)c1ccc(N)cc1F. The number of benzene rings is 1. The molecule has 3 N–H and O–H groups in total. The largest absolute Gasteiger partial charge is 0.399 e. The molecule has 8 heteroatoms. The lowest BCUT2D eigenvalue weighted by Crippen LogP contribution is -2.25. The fourth-order valence-electron chi connectivity index (χ4n) is 1.56. The summed E-state index contributed by atoms with van der Waals surface area (Å²) in [5, 5.41) is 3.91. The molecule has 1 aromatic carbocycles. The summed E-state index contributed by atoms with van der Waals surface area (Å²) in [5.41, 5.74) is 6.21. The Kier molecular flexibility index (Phi) is 3.54. The predicted molar refractivity (Wildman–Crippen MR) is 68.0 cm³/mol. The minimum Gasteiger partial charge on any atom is -0.399 e. The molecule has 0 aliphatic rings. The van der Waals surface area contributed by atoms with Gasteiger partial charge < -0.3 is 5.73 Å². The molecule has 0 unspecified atom stereocenters. The maximum absolute atomic E-state index is 13.6. The number of halogens is 1. The smallest absolute Gasteiger partial charge is 0.243 e. The number of nitrogens with two attached hydrogens (primary N) is 1. The van der Waals surface area contributed by atoms with Crippen LogP contribution in [-0.4, -0.2) is 18.2 Å². The van der Waals surface area contributed by atoms with Crippen LogP contribution >= 0.6 is 0 Å². The van der Waals surface area contributed by atoms with Crippen LogP contribution in [0.1, 0.15) is 5.69 Å². The monoisotopic (exact) mass is 284 g/mol. The average molecular weight is 284 g/mol. The second-order valence-electron chi connectivity index (χ2n) is 3.96. The number of sulfonamides is 1. The molecule has 0 radical (unpaired) electrons. The van der Waals surface area contributed by atoms with Crippen LogP contribution in [-0.2, 0) is 23.6 Å². The van der Waals surface area contributed by atoms with Gasteiger partial charge in [-0.1, -0.05) is 0 Å². The Hall–Kier alpha value is -1.93. The van der Waals surface area contributed by atoms with E-state index >= 15 is 0 Å². The van der Waals surface area contributed by atoms with E-state index in [0.717, 1.165) is 12.1 Å². The lowest BCUT2D eigenvalue weighted by molar-refractivity contribution is 0.554. The van der Waals surface area contributed by atoms with Crippen molar-refractivity contribution in [2.75, 3.05) is 5.73 Å². The van der Waals surface area contributed by atoms with E-state index in [1.165, 1.54) is 10.7 Å². The van der Waals surface area contributed by atoms with Crippen LogP contribution in [0.15, 0.2) is 35.4 Å². The minimum atomic E-state index is -3.92. The first-order valence-electron chi connectivity index (χ1n) is 5.42. The van der Waals surface area contributed by atoms with E-state index in [1.807, 2.05) is 0 Å². The summed E-state index contributed by atoms with van der Waals surface area (Å²) < 4.78 is 41.3. The van der Waals surface area contributed by atoms with Crippen molar-refractivity contribution >= 4 is 15.7 Å². The van der Waals surface area contributed by atoms with Crippen molar-refractivity contribution in [3.8, 4) is 0 Å². The van der Waals surface area contributed by atoms with Crippen molar-refractivity contribution in [3.05, 3.63) is 42.0 Å². The zero-order chi connectivity index (χ0) is 14.0. The van der Waals surface area contributed by atoms with Gasteiger partial charge in [0.25, 0.3) is 0 Å². The Morgan fingerprint density at radius 2 is 2.16 bits per heavy atom. The van der Waals surface area contributed by atoms with Crippen LogP contribution in [0.4, 0.5) is 10.1 Å². The molecule has 102 valence electrons. The molecule has 0 spiro atoms. The number of hydrogen-bond donors (Lipinski definition) is 2. The number of nitrogen functional groups attached to an aromatic ring is 1. The van der Waals surface area contributed by atoms with Crippen LogP contribution in [0.3, 0.4) is 0 Å².